The Hall–Kier alpha value is -1.46. The predicted molar refractivity (Wildman–Crippen MR) is 65.9 cm³/mol. The van der Waals surface area contributed by atoms with Crippen LogP contribution in [0.15, 0.2) is 24.4 Å². The van der Waals surface area contributed by atoms with Crippen LogP contribution in [0.2, 0.25) is 0 Å². The summed E-state index contributed by atoms with van der Waals surface area (Å²) in [7, 11) is 1.40. The summed E-state index contributed by atoms with van der Waals surface area (Å²) < 4.78 is 10.2. The van der Waals surface area contributed by atoms with Crippen molar-refractivity contribution in [3.63, 3.8) is 0 Å². The van der Waals surface area contributed by atoms with Crippen LogP contribution in [0.5, 0.6) is 0 Å². The van der Waals surface area contributed by atoms with Crippen molar-refractivity contribution in [1.29, 1.82) is 0 Å². The van der Waals surface area contributed by atoms with E-state index < -0.39 is 0 Å². The van der Waals surface area contributed by atoms with E-state index in [-0.39, 0.29) is 12.1 Å². The van der Waals surface area contributed by atoms with Gasteiger partial charge in [-0.05, 0) is 12.1 Å². The molecule has 18 heavy (non-hydrogen) atoms. The first-order valence-electron chi connectivity index (χ1n) is 6.08. The Morgan fingerprint density at radius 2 is 2.50 bits per heavy atom. The molecule has 1 saturated heterocycles. The molecule has 5 heteroatoms. The van der Waals surface area contributed by atoms with Crippen molar-refractivity contribution in [3.05, 3.63) is 30.1 Å². The molecule has 1 unspecified atom stereocenters. The molecule has 1 aliphatic heterocycles. The van der Waals surface area contributed by atoms with Crippen LogP contribution < -0.4 is 0 Å². The number of pyridine rings is 1. The van der Waals surface area contributed by atoms with Gasteiger partial charge in [-0.25, -0.2) is 0 Å². The lowest BCUT2D eigenvalue weighted by atomic mass is 10.2. The van der Waals surface area contributed by atoms with Crippen LogP contribution in [0.25, 0.3) is 0 Å². The Morgan fingerprint density at radius 3 is 3.22 bits per heavy atom. The molecule has 1 aromatic rings. The van der Waals surface area contributed by atoms with E-state index in [9.17, 15) is 4.79 Å². The van der Waals surface area contributed by atoms with Crippen LogP contribution in [-0.2, 0) is 20.8 Å². The second-order valence-electron chi connectivity index (χ2n) is 4.33. The molecular formula is C13H18N2O3. The maximum Gasteiger partial charge on any atom is 0.308 e. The SMILES string of the molecule is COC(=O)CC1CN(Cc2ccccn2)CCO1. The van der Waals surface area contributed by atoms with Crippen LogP contribution in [-0.4, -0.2) is 48.8 Å². The van der Waals surface area contributed by atoms with Crippen molar-refractivity contribution in [2.75, 3.05) is 26.8 Å². The lowest BCUT2D eigenvalue weighted by Gasteiger charge is -2.32. The molecule has 0 N–H and O–H groups in total. The van der Waals surface area contributed by atoms with Crippen LogP contribution >= 0.6 is 0 Å². The average Bonchev–Trinajstić information content (AvgIpc) is 2.40. The van der Waals surface area contributed by atoms with Crippen molar-refractivity contribution >= 4 is 5.97 Å². The first-order chi connectivity index (χ1) is 8.78. The summed E-state index contributed by atoms with van der Waals surface area (Å²) in [5.74, 6) is -0.223. The molecular weight excluding hydrogens is 232 g/mol. The first-order valence-corrected chi connectivity index (χ1v) is 6.08. The predicted octanol–water partition coefficient (Wildman–Crippen LogP) is 0.845. The minimum absolute atomic E-state index is 0.0742. The molecule has 1 fully saturated rings. The third-order valence-corrected chi connectivity index (χ3v) is 2.96. The molecule has 2 rings (SSSR count). The fraction of sp³-hybridized carbons (Fsp3) is 0.538. The average molecular weight is 250 g/mol. The van der Waals surface area contributed by atoms with Gasteiger partial charge in [-0.2, -0.15) is 0 Å². The monoisotopic (exact) mass is 250 g/mol. The van der Waals surface area contributed by atoms with Crippen molar-refractivity contribution in [3.8, 4) is 0 Å². The smallest absolute Gasteiger partial charge is 0.308 e. The summed E-state index contributed by atoms with van der Waals surface area (Å²) in [4.78, 5) is 17.8. The summed E-state index contributed by atoms with van der Waals surface area (Å²) in [5, 5.41) is 0. The van der Waals surface area contributed by atoms with Crippen molar-refractivity contribution in [2.45, 2.75) is 19.1 Å². The third-order valence-electron chi connectivity index (χ3n) is 2.96. The third kappa shape index (κ3) is 3.78. The van der Waals surface area contributed by atoms with E-state index in [1.807, 2.05) is 18.2 Å². The van der Waals surface area contributed by atoms with Gasteiger partial charge in [-0.15, -0.1) is 0 Å². The zero-order valence-electron chi connectivity index (χ0n) is 10.5. The van der Waals surface area contributed by atoms with Gasteiger partial charge in [-0.3, -0.25) is 14.7 Å². The summed E-state index contributed by atoms with van der Waals surface area (Å²) in [6.45, 7) is 3.05. The van der Waals surface area contributed by atoms with Gasteiger partial charge in [0, 0.05) is 25.8 Å². The number of nitrogens with zero attached hydrogens (tertiary/aromatic N) is 2. The van der Waals surface area contributed by atoms with Crippen molar-refractivity contribution in [1.82, 2.24) is 9.88 Å². The van der Waals surface area contributed by atoms with Crippen LogP contribution in [0.4, 0.5) is 0 Å². The molecule has 1 aliphatic rings. The van der Waals surface area contributed by atoms with Crippen LogP contribution in [0.1, 0.15) is 12.1 Å². The van der Waals surface area contributed by atoms with E-state index >= 15 is 0 Å². The zero-order valence-corrected chi connectivity index (χ0v) is 10.5. The van der Waals surface area contributed by atoms with Gasteiger partial charge >= 0.3 is 5.97 Å². The number of hydrogen-bond acceptors (Lipinski definition) is 5. The molecule has 0 saturated carbocycles. The van der Waals surface area contributed by atoms with Crippen molar-refractivity contribution < 1.29 is 14.3 Å². The Kier molecular flexibility index (Phi) is 4.66. The van der Waals surface area contributed by atoms with Crippen LogP contribution in [0.3, 0.4) is 0 Å². The minimum atomic E-state index is -0.223. The zero-order chi connectivity index (χ0) is 12.8. The highest BCUT2D eigenvalue weighted by atomic mass is 16.5. The second kappa shape index (κ2) is 6.47. The minimum Gasteiger partial charge on any atom is -0.469 e. The van der Waals surface area contributed by atoms with E-state index in [4.69, 9.17) is 4.74 Å². The number of hydrogen-bond donors (Lipinski definition) is 0. The molecule has 2 heterocycles. The molecule has 98 valence electrons. The molecule has 0 aromatic carbocycles. The highest BCUT2D eigenvalue weighted by Gasteiger charge is 2.23. The Balaban J connectivity index is 1.85. The number of aromatic nitrogens is 1. The standard InChI is InChI=1S/C13H18N2O3/c1-17-13(16)8-12-10-15(6-7-18-12)9-11-4-2-3-5-14-11/h2-5,12H,6-10H2,1H3. The summed E-state index contributed by atoms with van der Waals surface area (Å²) in [6, 6.07) is 5.89. The first kappa shape index (κ1) is 13.0. The quantitative estimate of drug-likeness (QED) is 0.741. The van der Waals surface area contributed by atoms with E-state index in [0.29, 0.717) is 13.0 Å². The number of carbonyl (C=O) groups is 1. The fourth-order valence-electron chi connectivity index (χ4n) is 2.04. The van der Waals surface area contributed by atoms with E-state index in [0.717, 1.165) is 25.3 Å². The topological polar surface area (TPSA) is 51.7 Å². The second-order valence-corrected chi connectivity index (χ2v) is 4.33. The fourth-order valence-corrected chi connectivity index (χ4v) is 2.04. The van der Waals surface area contributed by atoms with Gasteiger partial charge in [0.05, 0.1) is 31.9 Å². The lowest BCUT2D eigenvalue weighted by molar-refractivity contribution is -0.145. The van der Waals surface area contributed by atoms with Gasteiger partial charge in [0.25, 0.3) is 0 Å². The molecule has 0 bridgehead atoms. The van der Waals surface area contributed by atoms with E-state index in [1.54, 1.807) is 6.20 Å². The molecule has 0 amide bonds. The van der Waals surface area contributed by atoms with Gasteiger partial charge in [0.1, 0.15) is 0 Å². The number of rotatable bonds is 4. The number of ether oxygens (including phenoxy) is 2. The maximum atomic E-state index is 11.2. The van der Waals surface area contributed by atoms with Crippen LogP contribution in [0, 0.1) is 0 Å². The Bertz CT molecular complexity index is 383. The summed E-state index contributed by atoms with van der Waals surface area (Å²) in [5.41, 5.74) is 1.04. The molecule has 0 spiro atoms. The van der Waals surface area contributed by atoms with Gasteiger partial charge in [-0.1, -0.05) is 6.07 Å². The summed E-state index contributed by atoms with van der Waals surface area (Å²) >= 11 is 0. The maximum absolute atomic E-state index is 11.2. The number of methoxy groups -OCH3 is 1. The number of morpholine rings is 1. The Morgan fingerprint density at radius 1 is 1.61 bits per heavy atom. The normalized spacial score (nSPS) is 20.6. The molecule has 1 atom stereocenters. The lowest BCUT2D eigenvalue weighted by Crippen LogP contribution is -2.43. The number of carbonyl (C=O) groups excluding carboxylic acids is 1. The van der Waals surface area contributed by atoms with Gasteiger partial charge in [0.15, 0.2) is 0 Å². The van der Waals surface area contributed by atoms with Gasteiger partial charge < -0.3 is 9.47 Å². The molecule has 5 nitrogen and oxygen atoms in total. The molecule has 1 aromatic heterocycles. The molecule has 0 radical (unpaired) electrons. The van der Waals surface area contributed by atoms with E-state index in [1.165, 1.54) is 7.11 Å². The molecule has 0 aliphatic carbocycles. The largest absolute Gasteiger partial charge is 0.469 e. The van der Waals surface area contributed by atoms with E-state index in [2.05, 4.69) is 14.6 Å². The number of esters is 1. The van der Waals surface area contributed by atoms with Gasteiger partial charge in [0.2, 0.25) is 0 Å². The Labute approximate surface area is 107 Å². The highest BCUT2D eigenvalue weighted by Crippen LogP contribution is 2.11. The van der Waals surface area contributed by atoms with Crippen molar-refractivity contribution in [2.24, 2.45) is 0 Å². The summed E-state index contributed by atoms with van der Waals surface area (Å²) in [6.07, 6.45) is 2.03. The highest BCUT2D eigenvalue weighted by molar-refractivity contribution is 5.69.